The predicted molar refractivity (Wildman–Crippen MR) is 41.4 cm³/mol. The topological polar surface area (TPSA) is 57.5 Å². The molecule has 0 saturated heterocycles. The van der Waals surface area contributed by atoms with Crippen LogP contribution in [0.15, 0.2) is 11.0 Å². The number of aliphatic carboxylic acids is 1. The first-order valence-electron chi connectivity index (χ1n) is 3.02. The molecule has 7 heteroatoms. The normalized spacial score (nSPS) is 18.2. The van der Waals surface area contributed by atoms with Gasteiger partial charge in [-0.05, 0) is 17.9 Å². The highest BCUT2D eigenvalue weighted by molar-refractivity contribution is 7.84. The second-order valence-electron chi connectivity index (χ2n) is 2.36. The van der Waals surface area contributed by atoms with Crippen molar-refractivity contribution >= 4 is 18.6 Å². The molecule has 0 aromatic carbocycles. The van der Waals surface area contributed by atoms with Crippen LogP contribution in [0.1, 0.15) is 6.92 Å². The molecule has 0 saturated carbocycles. The van der Waals surface area contributed by atoms with Crippen molar-refractivity contribution in [2.24, 2.45) is 0 Å². The molecule has 13 heavy (non-hydrogen) atoms. The number of halogens is 3. The van der Waals surface area contributed by atoms with Crippen LogP contribution >= 0.6 is 12.6 Å². The molecule has 0 rings (SSSR count). The highest BCUT2D eigenvalue weighted by atomic mass is 32.1. The third-order valence-electron chi connectivity index (χ3n) is 1.18. The standard InChI is InChI=1S/C6H7F3O3S/c1-3(13)2-5(12,4(10)11)6(7,8)9/h2,12-13H,1H3,(H,10,11). The van der Waals surface area contributed by atoms with Gasteiger partial charge in [0.2, 0.25) is 0 Å². The van der Waals surface area contributed by atoms with Gasteiger partial charge in [0.1, 0.15) is 0 Å². The van der Waals surface area contributed by atoms with E-state index < -0.39 is 17.7 Å². The average molecular weight is 216 g/mol. The van der Waals surface area contributed by atoms with Crippen LogP contribution in [-0.4, -0.2) is 28.0 Å². The monoisotopic (exact) mass is 216 g/mol. The molecule has 0 aliphatic carbocycles. The molecule has 3 nitrogen and oxygen atoms in total. The second kappa shape index (κ2) is 3.59. The Balaban J connectivity index is 5.22. The van der Waals surface area contributed by atoms with Crippen molar-refractivity contribution < 1.29 is 28.2 Å². The Bertz CT molecular complexity index is 244. The molecule has 0 bridgehead atoms. The van der Waals surface area contributed by atoms with E-state index in [1.807, 2.05) is 0 Å². The van der Waals surface area contributed by atoms with Crippen LogP contribution in [0, 0.1) is 0 Å². The molecular weight excluding hydrogens is 209 g/mol. The summed E-state index contributed by atoms with van der Waals surface area (Å²) in [5.41, 5.74) is -3.86. The molecule has 0 amide bonds. The first-order chi connectivity index (χ1) is 5.61. The molecule has 0 heterocycles. The highest BCUT2D eigenvalue weighted by Crippen LogP contribution is 2.33. The zero-order valence-corrected chi connectivity index (χ0v) is 7.36. The Morgan fingerprint density at radius 1 is 1.46 bits per heavy atom. The lowest BCUT2D eigenvalue weighted by molar-refractivity contribution is -0.243. The lowest BCUT2D eigenvalue weighted by Gasteiger charge is -2.22. The van der Waals surface area contributed by atoms with Gasteiger partial charge >= 0.3 is 12.1 Å². The van der Waals surface area contributed by atoms with Gasteiger partial charge in [-0.3, -0.25) is 0 Å². The Morgan fingerprint density at radius 3 is 1.92 bits per heavy atom. The average Bonchev–Trinajstić information content (AvgIpc) is 1.82. The summed E-state index contributed by atoms with van der Waals surface area (Å²) in [7, 11) is 0. The molecule has 0 aliphatic heterocycles. The molecule has 0 aliphatic rings. The van der Waals surface area contributed by atoms with Crippen LogP contribution in [0.2, 0.25) is 0 Å². The van der Waals surface area contributed by atoms with E-state index in [0.717, 1.165) is 6.92 Å². The fourth-order valence-corrected chi connectivity index (χ4v) is 0.754. The quantitative estimate of drug-likeness (QED) is 0.608. The summed E-state index contributed by atoms with van der Waals surface area (Å²) in [5.74, 6) is -2.38. The maximum Gasteiger partial charge on any atom is 0.431 e. The van der Waals surface area contributed by atoms with Crippen molar-refractivity contribution in [2.75, 3.05) is 0 Å². The Kier molecular flexibility index (Phi) is 3.40. The summed E-state index contributed by atoms with van der Waals surface area (Å²) in [6, 6.07) is 0. The molecule has 1 unspecified atom stereocenters. The van der Waals surface area contributed by atoms with Crippen molar-refractivity contribution in [1.29, 1.82) is 0 Å². The van der Waals surface area contributed by atoms with Gasteiger partial charge in [-0.2, -0.15) is 13.2 Å². The molecule has 2 N–H and O–H groups in total. The predicted octanol–water partition coefficient (Wildman–Crippen LogP) is 1.20. The fraction of sp³-hybridized carbons (Fsp3) is 0.500. The summed E-state index contributed by atoms with van der Waals surface area (Å²) in [6.07, 6.45) is -5.14. The van der Waals surface area contributed by atoms with E-state index in [9.17, 15) is 18.0 Å². The van der Waals surface area contributed by atoms with E-state index in [4.69, 9.17) is 10.2 Å². The van der Waals surface area contributed by atoms with Gasteiger partial charge in [0.15, 0.2) is 0 Å². The van der Waals surface area contributed by atoms with E-state index in [2.05, 4.69) is 12.6 Å². The van der Waals surface area contributed by atoms with Crippen molar-refractivity contribution in [3.05, 3.63) is 11.0 Å². The number of thiol groups is 1. The fourth-order valence-electron chi connectivity index (χ4n) is 0.567. The third kappa shape index (κ3) is 2.63. The largest absolute Gasteiger partial charge is 0.479 e. The molecule has 0 aromatic rings. The van der Waals surface area contributed by atoms with Crippen molar-refractivity contribution in [3.63, 3.8) is 0 Å². The number of carbonyl (C=O) groups is 1. The molecule has 76 valence electrons. The van der Waals surface area contributed by atoms with Gasteiger partial charge in [-0.1, -0.05) is 0 Å². The second-order valence-corrected chi connectivity index (χ2v) is 3.06. The van der Waals surface area contributed by atoms with Gasteiger partial charge in [-0.15, -0.1) is 12.6 Å². The number of allylic oxidation sites excluding steroid dienone is 1. The van der Waals surface area contributed by atoms with E-state index in [0.29, 0.717) is 0 Å². The zero-order chi connectivity index (χ0) is 10.9. The molecule has 1 atom stereocenters. The van der Waals surface area contributed by atoms with Crippen molar-refractivity contribution in [1.82, 2.24) is 0 Å². The summed E-state index contributed by atoms with van der Waals surface area (Å²) >= 11 is 3.46. The molecular formula is C6H7F3O3S. The van der Waals surface area contributed by atoms with Crippen molar-refractivity contribution in [3.8, 4) is 0 Å². The van der Waals surface area contributed by atoms with E-state index in [1.165, 1.54) is 0 Å². The summed E-state index contributed by atoms with van der Waals surface area (Å²) in [4.78, 5) is 9.92. The number of rotatable bonds is 2. The maximum atomic E-state index is 12.0. The molecule has 0 spiro atoms. The SMILES string of the molecule is CC(S)=CC(O)(C(=O)O)C(F)(F)F. The number of carboxylic acids is 1. The summed E-state index contributed by atoms with van der Waals surface area (Å²) in [5, 5.41) is 16.9. The first kappa shape index (κ1) is 12.3. The lowest BCUT2D eigenvalue weighted by atomic mass is 10.0. The van der Waals surface area contributed by atoms with Crippen molar-refractivity contribution in [2.45, 2.75) is 18.7 Å². The smallest absolute Gasteiger partial charge is 0.431 e. The Hall–Kier alpha value is -0.690. The van der Waals surface area contributed by atoms with E-state index >= 15 is 0 Å². The maximum absolute atomic E-state index is 12.0. The lowest BCUT2D eigenvalue weighted by Crippen LogP contribution is -2.50. The van der Waals surface area contributed by atoms with Gasteiger partial charge in [0, 0.05) is 0 Å². The third-order valence-corrected chi connectivity index (χ3v) is 1.31. The Morgan fingerprint density at radius 2 is 1.85 bits per heavy atom. The van der Waals surface area contributed by atoms with Gasteiger partial charge in [-0.25, -0.2) is 4.79 Å². The van der Waals surface area contributed by atoms with Crippen LogP contribution in [-0.2, 0) is 4.79 Å². The van der Waals surface area contributed by atoms with Gasteiger partial charge in [0.05, 0.1) is 0 Å². The van der Waals surface area contributed by atoms with Crippen LogP contribution in [0.4, 0.5) is 13.2 Å². The minimum absolute atomic E-state index is 0.123. The van der Waals surface area contributed by atoms with Crippen LogP contribution in [0.3, 0.4) is 0 Å². The van der Waals surface area contributed by atoms with Crippen LogP contribution in [0.5, 0.6) is 0 Å². The van der Waals surface area contributed by atoms with Gasteiger partial charge in [0.25, 0.3) is 5.60 Å². The summed E-state index contributed by atoms with van der Waals surface area (Å²) < 4.78 is 36.0. The summed E-state index contributed by atoms with van der Waals surface area (Å²) in [6.45, 7) is 1.13. The number of carboxylic acid groups (broad SMARTS) is 1. The minimum atomic E-state index is -5.26. The van der Waals surface area contributed by atoms with Crippen LogP contribution < -0.4 is 0 Å². The number of hydrogen-bond acceptors (Lipinski definition) is 3. The van der Waals surface area contributed by atoms with Gasteiger partial charge < -0.3 is 10.2 Å². The van der Waals surface area contributed by atoms with E-state index in [-0.39, 0.29) is 11.0 Å². The first-order valence-corrected chi connectivity index (χ1v) is 3.47. The Labute approximate surface area is 77.3 Å². The van der Waals surface area contributed by atoms with Crippen LogP contribution in [0.25, 0.3) is 0 Å². The highest BCUT2D eigenvalue weighted by Gasteiger charge is 2.58. The number of aliphatic hydroxyl groups is 1. The molecule has 0 aromatic heterocycles. The molecule has 0 radical (unpaired) electrons. The zero-order valence-electron chi connectivity index (χ0n) is 6.46. The minimum Gasteiger partial charge on any atom is -0.479 e. The van der Waals surface area contributed by atoms with E-state index in [1.54, 1.807) is 0 Å². The number of alkyl halides is 3. The number of hydrogen-bond donors (Lipinski definition) is 3. The molecule has 0 fully saturated rings.